The van der Waals surface area contributed by atoms with Crippen LogP contribution in [0.4, 0.5) is 0 Å². The highest BCUT2D eigenvalue weighted by Crippen LogP contribution is 2.21. The van der Waals surface area contributed by atoms with Crippen LogP contribution < -0.4 is 0 Å². The van der Waals surface area contributed by atoms with E-state index in [9.17, 15) is 0 Å². The van der Waals surface area contributed by atoms with Crippen LogP contribution in [-0.4, -0.2) is 0 Å². The van der Waals surface area contributed by atoms with E-state index in [1.54, 1.807) is 0 Å². The summed E-state index contributed by atoms with van der Waals surface area (Å²) in [5.41, 5.74) is 1.24. The first-order valence-corrected chi connectivity index (χ1v) is 4.56. The van der Waals surface area contributed by atoms with Gasteiger partial charge in [0.1, 0.15) is 0 Å². The maximum absolute atomic E-state index is 3.80. The first kappa shape index (κ1) is 8.28. The molecular weight excluding hydrogens is 256 g/mol. The Morgan fingerprint density at radius 3 is 2.50 bits per heavy atom. The van der Waals surface area contributed by atoms with Crippen molar-refractivity contribution in [1.82, 2.24) is 0 Å². The lowest BCUT2D eigenvalue weighted by atomic mass is 10.2. The first-order chi connectivity index (χ1) is 4.74. The smallest absolute Gasteiger partial charge is 0.0218 e. The van der Waals surface area contributed by atoms with Crippen molar-refractivity contribution >= 4 is 31.9 Å². The fourth-order valence-electron chi connectivity index (χ4n) is 0.724. The summed E-state index contributed by atoms with van der Waals surface area (Å²) >= 11 is 6.81. The Balaban J connectivity index is 3.07. The topological polar surface area (TPSA) is 0 Å². The van der Waals surface area contributed by atoms with Crippen LogP contribution in [0, 0.1) is 6.92 Å². The van der Waals surface area contributed by atoms with Crippen LogP contribution in [0.25, 0.3) is 0 Å². The molecule has 0 saturated carbocycles. The minimum atomic E-state index is 0.827. The Hall–Kier alpha value is 0.180. The molecule has 10 heavy (non-hydrogen) atoms. The summed E-state index contributed by atoms with van der Waals surface area (Å²) in [6.07, 6.45) is 0.827. The quantitative estimate of drug-likeness (QED) is 0.726. The first-order valence-electron chi connectivity index (χ1n) is 2.97. The van der Waals surface area contributed by atoms with Crippen LogP contribution in [-0.2, 0) is 6.42 Å². The Bertz CT molecular complexity index is 231. The molecule has 0 heterocycles. The monoisotopic (exact) mass is 261 g/mol. The summed E-state index contributed by atoms with van der Waals surface area (Å²) in [6, 6.07) is 6.10. The van der Waals surface area contributed by atoms with Crippen LogP contribution in [0.2, 0.25) is 0 Å². The van der Waals surface area contributed by atoms with Crippen molar-refractivity contribution in [2.24, 2.45) is 0 Å². The average Bonchev–Trinajstić information content (AvgIpc) is 1.88. The third-order valence-corrected chi connectivity index (χ3v) is 2.52. The van der Waals surface area contributed by atoms with E-state index < -0.39 is 0 Å². The second-order valence-electron chi connectivity index (χ2n) is 1.99. The van der Waals surface area contributed by atoms with Gasteiger partial charge in [0, 0.05) is 8.95 Å². The molecule has 0 aliphatic heterocycles. The van der Waals surface area contributed by atoms with Crippen molar-refractivity contribution in [2.75, 3.05) is 0 Å². The fraction of sp³-hybridized carbons (Fsp3) is 0.125. The minimum Gasteiger partial charge on any atom is -0.0568 e. The third-order valence-electron chi connectivity index (χ3n) is 1.28. The number of rotatable bonds is 1. The molecule has 0 fully saturated rings. The Morgan fingerprint density at radius 1 is 1.30 bits per heavy atom. The van der Waals surface area contributed by atoms with Crippen molar-refractivity contribution in [3.05, 3.63) is 39.6 Å². The summed E-state index contributed by atoms with van der Waals surface area (Å²) in [5, 5.41) is 0. The van der Waals surface area contributed by atoms with Crippen molar-refractivity contribution in [2.45, 2.75) is 6.42 Å². The Labute approximate surface area is 77.9 Å². The lowest BCUT2D eigenvalue weighted by Crippen LogP contribution is -1.80. The van der Waals surface area contributed by atoms with Gasteiger partial charge in [0.05, 0.1) is 0 Å². The largest absolute Gasteiger partial charge is 0.0568 e. The molecule has 1 aromatic carbocycles. The van der Waals surface area contributed by atoms with Gasteiger partial charge in [-0.15, -0.1) is 0 Å². The van der Waals surface area contributed by atoms with E-state index in [1.807, 2.05) is 12.1 Å². The van der Waals surface area contributed by atoms with Gasteiger partial charge in [0.15, 0.2) is 0 Å². The zero-order chi connectivity index (χ0) is 7.56. The van der Waals surface area contributed by atoms with Gasteiger partial charge >= 0.3 is 0 Å². The van der Waals surface area contributed by atoms with Crippen molar-refractivity contribution in [3.8, 4) is 0 Å². The maximum Gasteiger partial charge on any atom is 0.0218 e. The lowest BCUT2D eigenvalue weighted by Gasteiger charge is -1.99. The maximum atomic E-state index is 3.80. The third kappa shape index (κ3) is 1.83. The van der Waals surface area contributed by atoms with Crippen molar-refractivity contribution in [1.29, 1.82) is 0 Å². The zero-order valence-electron chi connectivity index (χ0n) is 5.40. The minimum absolute atomic E-state index is 0.827. The lowest BCUT2D eigenvalue weighted by molar-refractivity contribution is 1.25. The van der Waals surface area contributed by atoms with E-state index in [2.05, 4.69) is 44.8 Å². The number of hydrogen-bond donors (Lipinski definition) is 0. The van der Waals surface area contributed by atoms with Crippen molar-refractivity contribution in [3.63, 3.8) is 0 Å². The highest BCUT2D eigenvalue weighted by molar-refractivity contribution is 9.11. The average molecular weight is 263 g/mol. The highest BCUT2D eigenvalue weighted by Gasteiger charge is 1.95. The molecule has 0 atom stereocenters. The Kier molecular flexibility index (Phi) is 2.93. The zero-order valence-corrected chi connectivity index (χ0v) is 8.57. The number of hydrogen-bond acceptors (Lipinski definition) is 0. The van der Waals surface area contributed by atoms with E-state index >= 15 is 0 Å². The summed E-state index contributed by atoms with van der Waals surface area (Å²) < 4.78 is 2.22. The molecule has 0 bridgehead atoms. The molecule has 0 unspecified atom stereocenters. The molecule has 0 nitrogen and oxygen atoms in total. The molecule has 0 amide bonds. The SMILES string of the molecule is [CH2]Cc1ccc(Br)cc1Br. The summed E-state index contributed by atoms with van der Waals surface area (Å²) in [6.45, 7) is 3.80. The van der Waals surface area contributed by atoms with Crippen LogP contribution >= 0.6 is 31.9 Å². The van der Waals surface area contributed by atoms with Crippen LogP contribution in [0.5, 0.6) is 0 Å². The second kappa shape index (κ2) is 3.54. The van der Waals surface area contributed by atoms with E-state index in [4.69, 9.17) is 0 Å². The summed E-state index contributed by atoms with van der Waals surface area (Å²) in [4.78, 5) is 0. The molecule has 0 aliphatic rings. The molecule has 1 aromatic rings. The molecule has 0 aromatic heterocycles. The normalized spacial score (nSPS) is 9.90. The molecule has 53 valence electrons. The molecule has 0 N–H and O–H groups in total. The molecular formula is C8H7Br2. The highest BCUT2D eigenvalue weighted by atomic mass is 79.9. The number of benzene rings is 1. The summed E-state index contributed by atoms with van der Waals surface area (Å²) in [5.74, 6) is 0. The molecule has 2 heteroatoms. The predicted molar refractivity (Wildman–Crippen MR) is 50.9 cm³/mol. The van der Waals surface area contributed by atoms with E-state index in [0.717, 1.165) is 15.4 Å². The molecule has 0 saturated heterocycles. The van der Waals surface area contributed by atoms with Gasteiger partial charge in [-0.3, -0.25) is 0 Å². The standard InChI is InChI=1S/C8H7Br2/c1-2-6-3-4-7(9)5-8(6)10/h3-5H,1-2H2. The molecule has 1 radical (unpaired) electrons. The van der Waals surface area contributed by atoms with Gasteiger partial charge in [-0.2, -0.15) is 0 Å². The van der Waals surface area contributed by atoms with Gasteiger partial charge in [0.2, 0.25) is 0 Å². The van der Waals surface area contributed by atoms with Crippen LogP contribution in [0.3, 0.4) is 0 Å². The van der Waals surface area contributed by atoms with Gasteiger partial charge in [-0.05, 0) is 31.0 Å². The molecule has 0 aliphatic carbocycles. The van der Waals surface area contributed by atoms with E-state index in [1.165, 1.54) is 5.56 Å². The van der Waals surface area contributed by atoms with Gasteiger partial charge in [-0.1, -0.05) is 37.9 Å². The van der Waals surface area contributed by atoms with Crippen LogP contribution in [0.1, 0.15) is 5.56 Å². The van der Waals surface area contributed by atoms with Gasteiger partial charge in [0.25, 0.3) is 0 Å². The van der Waals surface area contributed by atoms with Gasteiger partial charge < -0.3 is 0 Å². The number of halogens is 2. The fourth-order valence-corrected chi connectivity index (χ4v) is 1.97. The summed E-state index contributed by atoms with van der Waals surface area (Å²) in [7, 11) is 0. The molecule has 1 rings (SSSR count). The Morgan fingerprint density at radius 2 is 2.00 bits per heavy atom. The van der Waals surface area contributed by atoms with E-state index in [-0.39, 0.29) is 0 Å². The molecule has 0 spiro atoms. The van der Waals surface area contributed by atoms with Gasteiger partial charge in [-0.25, -0.2) is 0 Å². The van der Waals surface area contributed by atoms with Crippen molar-refractivity contribution < 1.29 is 0 Å². The second-order valence-corrected chi connectivity index (χ2v) is 3.76. The van der Waals surface area contributed by atoms with Crippen LogP contribution in [0.15, 0.2) is 27.1 Å². The van der Waals surface area contributed by atoms with E-state index in [0.29, 0.717) is 0 Å². The predicted octanol–water partition coefficient (Wildman–Crippen LogP) is 3.59.